The number of hydrazine groups is 1. The lowest BCUT2D eigenvalue weighted by atomic mass is 9.67. The molecule has 3 nitrogen and oxygen atoms in total. The molecule has 2 rings (SSSR count). The molecule has 0 saturated heterocycles. The van der Waals surface area contributed by atoms with Crippen molar-refractivity contribution in [2.45, 2.75) is 51.2 Å². The number of hydrogen-bond acceptors (Lipinski definition) is 3. The fourth-order valence-corrected chi connectivity index (χ4v) is 3.65. The molecule has 0 amide bonds. The molecule has 1 unspecified atom stereocenters. The van der Waals surface area contributed by atoms with Gasteiger partial charge in [0.15, 0.2) is 0 Å². The maximum absolute atomic E-state index is 6.38. The van der Waals surface area contributed by atoms with E-state index in [4.69, 9.17) is 33.8 Å². The second-order valence-electron chi connectivity index (χ2n) is 6.68. The Labute approximate surface area is 137 Å². The minimum absolute atomic E-state index is 0.176. The first-order chi connectivity index (χ1) is 9.85. The van der Waals surface area contributed by atoms with Crippen LogP contribution in [0, 0.1) is 5.41 Å². The summed E-state index contributed by atoms with van der Waals surface area (Å²) in [6.07, 6.45) is 4.07. The summed E-state index contributed by atoms with van der Waals surface area (Å²) in [6, 6.07) is 5.46. The smallest absolute Gasteiger partial charge is 0.0886 e. The standard InChI is InChI=1S/C16H24Cl2N2O/c1-15(2)7-9-16(21-3,10-8-15)14(20-19)11-5-4-6-12(17)13(11)18/h4-6,14,20H,7-10,19H2,1-3H3. The van der Waals surface area contributed by atoms with Crippen molar-refractivity contribution in [3.8, 4) is 0 Å². The van der Waals surface area contributed by atoms with E-state index in [2.05, 4.69) is 19.3 Å². The summed E-state index contributed by atoms with van der Waals surface area (Å²) in [5.74, 6) is 5.85. The third-order valence-electron chi connectivity index (χ3n) is 4.84. The van der Waals surface area contributed by atoms with Crippen LogP contribution in [-0.2, 0) is 4.74 Å². The van der Waals surface area contributed by atoms with Crippen molar-refractivity contribution in [2.24, 2.45) is 11.3 Å². The average Bonchev–Trinajstić information content (AvgIpc) is 2.46. The van der Waals surface area contributed by atoms with Crippen LogP contribution in [0.3, 0.4) is 0 Å². The van der Waals surface area contributed by atoms with Crippen molar-refractivity contribution in [1.29, 1.82) is 0 Å². The highest BCUT2D eigenvalue weighted by Crippen LogP contribution is 2.48. The Bertz CT molecular complexity index is 495. The van der Waals surface area contributed by atoms with Crippen molar-refractivity contribution in [2.75, 3.05) is 7.11 Å². The molecule has 21 heavy (non-hydrogen) atoms. The molecule has 0 radical (unpaired) electrons. The number of methoxy groups -OCH3 is 1. The van der Waals surface area contributed by atoms with Gasteiger partial charge in [-0.3, -0.25) is 11.3 Å². The molecule has 1 saturated carbocycles. The quantitative estimate of drug-likeness (QED) is 0.631. The summed E-state index contributed by atoms with van der Waals surface area (Å²) >= 11 is 12.5. The predicted octanol–water partition coefficient (Wildman–Crippen LogP) is 4.48. The zero-order valence-corrected chi connectivity index (χ0v) is 14.4. The molecule has 0 aliphatic heterocycles. The monoisotopic (exact) mass is 330 g/mol. The van der Waals surface area contributed by atoms with Crippen molar-refractivity contribution in [3.05, 3.63) is 33.8 Å². The number of nitrogens with one attached hydrogen (secondary N) is 1. The molecule has 1 aliphatic carbocycles. The van der Waals surface area contributed by atoms with E-state index >= 15 is 0 Å². The summed E-state index contributed by atoms with van der Waals surface area (Å²) < 4.78 is 5.93. The zero-order chi connectivity index (χ0) is 15.7. The molecule has 0 spiro atoms. The summed E-state index contributed by atoms with van der Waals surface area (Å²) in [5.41, 5.74) is 3.80. The highest BCUT2D eigenvalue weighted by Gasteiger charge is 2.45. The number of benzene rings is 1. The van der Waals surface area contributed by atoms with Crippen molar-refractivity contribution in [1.82, 2.24) is 5.43 Å². The average molecular weight is 331 g/mol. The first kappa shape index (κ1) is 17.0. The Morgan fingerprint density at radius 1 is 1.19 bits per heavy atom. The minimum atomic E-state index is -0.349. The third kappa shape index (κ3) is 3.38. The number of halogens is 2. The van der Waals surface area contributed by atoms with Gasteiger partial charge in [0.1, 0.15) is 0 Å². The minimum Gasteiger partial charge on any atom is -0.376 e. The van der Waals surface area contributed by atoms with Crippen LogP contribution in [-0.4, -0.2) is 12.7 Å². The lowest BCUT2D eigenvalue weighted by molar-refractivity contribution is -0.0877. The van der Waals surface area contributed by atoms with E-state index in [0.29, 0.717) is 15.5 Å². The van der Waals surface area contributed by atoms with Gasteiger partial charge in [0.2, 0.25) is 0 Å². The van der Waals surface area contributed by atoms with Gasteiger partial charge < -0.3 is 4.74 Å². The molecule has 118 valence electrons. The van der Waals surface area contributed by atoms with Gasteiger partial charge >= 0.3 is 0 Å². The summed E-state index contributed by atoms with van der Waals surface area (Å²) in [5, 5.41) is 1.08. The van der Waals surface area contributed by atoms with E-state index in [1.54, 1.807) is 13.2 Å². The van der Waals surface area contributed by atoms with Gasteiger partial charge in [0, 0.05) is 7.11 Å². The molecule has 3 N–H and O–H groups in total. The van der Waals surface area contributed by atoms with E-state index in [-0.39, 0.29) is 11.6 Å². The maximum Gasteiger partial charge on any atom is 0.0886 e. The van der Waals surface area contributed by atoms with E-state index in [1.807, 2.05) is 12.1 Å². The molecule has 0 heterocycles. The molecule has 1 aromatic rings. The number of rotatable bonds is 4. The van der Waals surface area contributed by atoms with Gasteiger partial charge in [-0.05, 0) is 42.7 Å². The maximum atomic E-state index is 6.38. The Morgan fingerprint density at radius 2 is 1.81 bits per heavy atom. The Hall–Kier alpha value is -0.320. The second-order valence-corrected chi connectivity index (χ2v) is 7.46. The Morgan fingerprint density at radius 3 is 2.33 bits per heavy atom. The third-order valence-corrected chi connectivity index (χ3v) is 5.68. The summed E-state index contributed by atoms with van der Waals surface area (Å²) in [7, 11) is 1.75. The first-order valence-corrected chi connectivity index (χ1v) is 8.06. The zero-order valence-electron chi connectivity index (χ0n) is 12.9. The summed E-state index contributed by atoms with van der Waals surface area (Å²) in [4.78, 5) is 0. The van der Waals surface area contributed by atoms with Crippen LogP contribution in [0.15, 0.2) is 18.2 Å². The van der Waals surface area contributed by atoms with E-state index in [0.717, 1.165) is 31.2 Å². The lowest BCUT2D eigenvalue weighted by Crippen LogP contribution is -2.51. The van der Waals surface area contributed by atoms with Crippen LogP contribution in [0.2, 0.25) is 10.0 Å². The van der Waals surface area contributed by atoms with Gasteiger partial charge in [0.25, 0.3) is 0 Å². The van der Waals surface area contributed by atoms with Crippen LogP contribution >= 0.6 is 23.2 Å². The molecule has 0 aromatic heterocycles. The number of nitrogens with two attached hydrogens (primary N) is 1. The van der Waals surface area contributed by atoms with Gasteiger partial charge in [0.05, 0.1) is 21.7 Å². The van der Waals surface area contributed by atoms with Crippen LogP contribution < -0.4 is 11.3 Å². The van der Waals surface area contributed by atoms with Gasteiger partial charge in [-0.15, -0.1) is 0 Å². The fraction of sp³-hybridized carbons (Fsp3) is 0.625. The lowest BCUT2D eigenvalue weighted by Gasteiger charge is -2.47. The highest BCUT2D eigenvalue weighted by atomic mass is 35.5. The number of hydrogen-bond donors (Lipinski definition) is 2. The molecular weight excluding hydrogens is 307 g/mol. The van der Waals surface area contributed by atoms with Gasteiger partial charge in [-0.1, -0.05) is 49.2 Å². The first-order valence-electron chi connectivity index (χ1n) is 7.30. The van der Waals surface area contributed by atoms with E-state index in [9.17, 15) is 0 Å². The van der Waals surface area contributed by atoms with Gasteiger partial charge in [-0.2, -0.15) is 0 Å². The Kier molecular flexibility index (Phi) is 5.22. The van der Waals surface area contributed by atoms with Crippen molar-refractivity contribution in [3.63, 3.8) is 0 Å². The molecule has 5 heteroatoms. The number of ether oxygens (including phenoxy) is 1. The molecular formula is C16H24Cl2N2O. The molecule has 1 aliphatic rings. The molecule has 1 atom stereocenters. The van der Waals surface area contributed by atoms with Crippen molar-refractivity contribution >= 4 is 23.2 Å². The topological polar surface area (TPSA) is 47.3 Å². The Balaban J connectivity index is 2.37. The predicted molar refractivity (Wildman–Crippen MR) is 88.5 cm³/mol. The van der Waals surface area contributed by atoms with Crippen LogP contribution in [0.5, 0.6) is 0 Å². The van der Waals surface area contributed by atoms with E-state index in [1.165, 1.54) is 0 Å². The highest BCUT2D eigenvalue weighted by molar-refractivity contribution is 6.42. The normalized spacial score (nSPS) is 22.0. The van der Waals surface area contributed by atoms with Crippen LogP contribution in [0.4, 0.5) is 0 Å². The molecule has 1 aromatic carbocycles. The second kappa shape index (κ2) is 6.43. The summed E-state index contributed by atoms with van der Waals surface area (Å²) in [6.45, 7) is 4.59. The largest absolute Gasteiger partial charge is 0.376 e. The van der Waals surface area contributed by atoms with Crippen molar-refractivity contribution < 1.29 is 4.74 Å². The molecule has 0 bridgehead atoms. The fourth-order valence-electron chi connectivity index (χ4n) is 3.23. The van der Waals surface area contributed by atoms with E-state index < -0.39 is 0 Å². The van der Waals surface area contributed by atoms with Crippen LogP contribution in [0.25, 0.3) is 0 Å². The van der Waals surface area contributed by atoms with Gasteiger partial charge in [-0.25, -0.2) is 0 Å². The molecule has 1 fully saturated rings. The SMILES string of the molecule is COC1(C(NN)c2cccc(Cl)c2Cl)CCC(C)(C)CC1. The van der Waals surface area contributed by atoms with Crippen LogP contribution in [0.1, 0.15) is 51.1 Å².